The van der Waals surface area contributed by atoms with E-state index in [0.29, 0.717) is 73.3 Å². The van der Waals surface area contributed by atoms with Crippen LogP contribution in [-0.2, 0) is 35.4 Å². The molecule has 0 radical (unpaired) electrons. The average Bonchev–Trinajstić information content (AvgIpc) is 3.67. The predicted octanol–water partition coefficient (Wildman–Crippen LogP) is 4.00. The van der Waals surface area contributed by atoms with Crippen LogP contribution in [-0.4, -0.2) is 89.7 Å². The Morgan fingerprint density at radius 1 is 1.00 bits per heavy atom. The topological polar surface area (TPSA) is 103 Å². The molecule has 230 valence electrons. The molecule has 0 aliphatic carbocycles. The maximum Gasteiger partial charge on any atom is 0.337 e. The van der Waals surface area contributed by atoms with Gasteiger partial charge in [-0.05, 0) is 42.2 Å². The highest BCUT2D eigenvalue weighted by molar-refractivity contribution is 6.03. The lowest BCUT2D eigenvalue weighted by atomic mass is 9.92. The van der Waals surface area contributed by atoms with Crippen molar-refractivity contribution in [2.45, 2.75) is 44.5 Å². The van der Waals surface area contributed by atoms with Crippen molar-refractivity contribution in [2.24, 2.45) is 0 Å². The molecule has 1 unspecified atom stereocenters. The SMILES string of the molecule is C=CCOC1CCn2c(-c3cc4c(cc3C(=O)N3Cc5ccccc5C[C@H]3CN3CCOCC3)OCO4)cc(C(=O)O)c2C1. The number of fused-ring (bicyclic) bond motifs is 3. The van der Waals surface area contributed by atoms with E-state index in [1.165, 1.54) is 5.56 Å². The molecular weight excluding hydrogens is 562 g/mol. The van der Waals surface area contributed by atoms with Crippen LogP contribution in [0.15, 0.2) is 55.1 Å². The van der Waals surface area contributed by atoms with E-state index < -0.39 is 5.97 Å². The first-order valence-corrected chi connectivity index (χ1v) is 15.3. The fourth-order valence-electron chi connectivity index (χ4n) is 6.97. The number of morpholine rings is 1. The third kappa shape index (κ3) is 5.38. The molecule has 1 fully saturated rings. The first-order valence-electron chi connectivity index (χ1n) is 15.3. The zero-order valence-corrected chi connectivity index (χ0v) is 24.7. The summed E-state index contributed by atoms with van der Waals surface area (Å²) in [5.74, 6) is -0.0560. The van der Waals surface area contributed by atoms with Gasteiger partial charge in [-0.25, -0.2) is 4.79 Å². The van der Waals surface area contributed by atoms with E-state index >= 15 is 0 Å². The Balaban J connectivity index is 1.30. The van der Waals surface area contributed by atoms with Crippen LogP contribution in [0, 0.1) is 0 Å². The van der Waals surface area contributed by atoms with Gasteiger partial charge in [0.2, 0.25) is 6.79 Å². The number of carbonyl (C=O) groups excluding carboxylic acids is 1. The Morgan fingerprint density at radius 2 is 1.77 bits per heavy atom. The number of aromatic carboxylic acids is 1. The quantitative estimate of drug-likeness (QED) is 0.388. The van der Waals surface area contributed by atoms with Gasteiger partial charge in [-0.15, -0.1) is 6.58 Å². The summed E-state index contributed by atoms with van der Waals surface area (Å²) in [4.78, 5) is 31.6. The highest BCUT2D eigenvalue weighted by Gasteiger charge is 2.36. The molecule has 10 nitrogen and oxygen atoms in total. The van der Waals surface area contributed by atoms with Gasteiger partial charge in [-0.1, -0.05) is 30.3 Å². The monoisotopic (exact) mass is 599 g/mol. The van der Waals surface area contributed by atoms with Crippen molar-refractivity contribution < 1.29 is 33.6 Å². The molecule has 44 heavy (non-hydrogen) atoms. The molecule has 2 atom stereocenters. The van der Waals surface area contributed by atoms with Crippen LogP contribution in [0.3, 0.4) is 0 Å². The number of carboxylic acids is 1. The molecule has 10 heteroatoms. The normalized spacial score (nSPS) is 21.0. The Hall–Kier alpha value is -4.12. The number of amides is 1. The van der Waals surface area contributed by atoms with Crippen LogP contribution in [0.2, 0.25) is 0 Å². The van der Waals surface area contributed by atoms with Gasteiger partial charge in [0.1, 0.15) is 0 Å². The van der Waals surface area contributed by atoms with E-state index in [1.54, 1.807) is 18.2 Å². The van der Waals surface area contributed by atoms with E-state index in [-0.39, 0.29) is 30.4 Å². The van der Waals surface area contributed by atoms with Gasteiger partial charge in [0.25, 0.3) is 5.91 Å². The third-order valence-corrected chi connectivity index (χ3v) is 9.19. The minimum Gasteiger partial charge on any atom is -0.478 e. The molecule has 4 aliphatic rings. The molecule has 1 amide bonds. The summed E-state index contributed by atoms with van der Waals surface area (Å²) in [5, 5.41) is 10.2. The summed E-state index contributed by atoms with van der Waals surface area (Å²) in [6.45, 7) is 9.07. The molecule has 7 rings (SSSR count). The summed E-state index contributed by atoms with van der Waals surface area (Å²) in [5.41, 5.74) is 5.12. The lowest BCUT2D eigenvalue weighted by Gasteiger charge is -2.40. The molecule has 2 aromatic carbocycles. The van der Waals surface area contributed by atoms with E-state index in [4.69, 9.17) is 18.9 Å². The van der Waals surface area contributed by atoms with Crippen molar-refractivity contribution in [3.8, 4) is 22.8 Å². The number of rotatable bonds is 8. The van der Waals surface area contributed by atoms with Gasteiger partial charge < -0.3 is 33.5 Å². The van der Waals surface area contributed by atoms with Crippen molar-refractivity contribution in [1.82, 2.24) is 14.4 Å². The van der Waals surface area contributed by atoms with Gasteiger partial charge in [0.05, 0.1) is 42.7 Å². The standard InChI is InChI=1S/C34H37N3O7/c1-2-11-42-25-7-8-36-29(15-25)28(34(39)40)16-30(36)26-17-31-32(44-21-43-31)18-27(26)33(38)37-19-23-6-4-3-5-22(23)14-24(37)20-35-9-12-41-13-10-35/h2-6,16-18,24-25H,1,7-15,19-21H2,(H,39,40)/t24-,25?/m0/s1. The molecule has 1 aromatic heterocycles. The number of carboxylic acid groups (broad SMARTS) is 1. The Morgan fingerprint density at radius 3 is 2.55 bits per heavy atom. The second-order valence-corrected chi connectivity index (χ2v) is 11.8. The minimum atomic E-state index is -1.00. The number of carbonyl (C=O) groups is 2. The number of ether oxygens (including phenoxy) is 4. The number of aromatic nitrogens is 1. The van der Waals surface area contributed by atoms with Crippen LogP contribution in [0.1, 0.15) is 44.0 Å². The van der Waals surface area contributed by atoms with Gasteiger partial charge >= 0.3 is 5.97 Å². The van der Waals surface area contributed by atoms with E-state index in [0.717, 1.165) is 38.0 Å². The van der Waals surface area contributed by atoms with Crippen LogP contribution in [0.25, 0.3) is 11.3 Å². The maximum atomic E-state index is 14.8. The molecule has 0 saturated carbocycles. The van der Waals surface area contributed by atoms with Crippen LogP contribution < -0.4 is 9.47 Å². The van der Waals surface area contributed by atoms with Crippen LogP contribution >= 0.6 is 0 Å². The fourth-order valence-corrected chi connectivity index (χ4v) is 6.97. The van der Waals surface area contributed by atoms with E-state index in [2.05, 4.69) is 29.7 Å². The van der Waals surface area contributed by atoms with Gasteiger partial charge in [0, 0.05) is 56.4 Å². The summed E-state index contributed by atoms with van der Waals surface area (Å²) in [7, 11) is 0. The predicted molar refractivity (Wildman–Crippen MR) is 162 cm³/mol. The summed E-state index contributed by atoms with van der Waals surface area (Å²) in [6, 6.07) is 13.6. The van der Waals surface area contributed by atoms with Crippen molar-refractivity contribution in [1.29, 1.82) is 0 Å². The largest absolute Gasteiger partial charge is 0.478 e. The first-order chi connectivity index (χ1) is 21.5. The molecule has 5 heterocycles. The van der Waals surface area contributed by atoms with Crippen molar-refractivity contribution in [3.05, 3.63) is 83.1 Å². The second-order valence-electron chi connectivity index (χ2n) is 11.8. The molecule has 1 N–H and O–H groups in total. The van der Waals surface area contributed by atoms with Crippen molar-refractivity contribution in [2.75, 3.05) is 46.2 Å². The molecular formula is C34H37N3O7. The molecule has 3 aromatic rings. The zero-order chi connectivity index (χ0) is 30.2. The van der Waals surface area contributed by atoms with Gasteiger partial charge in [0.15, 0.2) is 11.5 Å². The Kier molecular flexibility index (Phi) is 7.88. The Labute approximate surface area is 256 Å². The van der Waals surface area contributed by atoms with Gasteiger partial charge in [-0.2, -0.15) is 0 Å². The number of hydrogen-bond acceptors (Lipinski definition) is 7. The van der Waals surface area contributed by atoms with Gasteiger partial charge in [-0.3, -0.25) is 9.69 Å². The molecule has 0 spiro atoms. The van der Waals surface area contributed by atoms with E-state index in [1.807, 2.05) is 21.6 Å². The lowest BCUT2D eigenvalue weighted by Crippen LogP contribution is -2.52. The maximum absolute atomic E-state index is 14.8. The average molecular weight is 600 g/mol. The molecule has 1 saturated heterocycles. The number of hydrogen-bond donors (Lipinski definition) is 1. The number of benzene rings is 2. The van der Waals surface area contributed by atoms with Crippen LogP contribution in [0.5, 0.6) is 11.5 Å². The van der Waals surface area contributed by atoms with E-state index in [9.17, 15) is 14.7 Å². The Bertz CT molecular complexity index is 1590. The lowest BCUT2D eigenvalue weighted by molar-refractivity contribution is 0.0193. The minimum absolute atomic E-state index is 0.0349. The van der Waals surface area contributed by atoms with Crippen molar-refractivity contribution >= 4 is 11.9 Å². The smallest absolute Gasteiger partial charge is 0.337 e. The highest BCUT2D eigenvalue weighted by atomic mass is 16.7. The molecule has 0 bridgehead atoms. The zero-order valence-electron chi connectivity index (χ0n) is 24.7. The number of nitrogens with zero attached hydrogens (tertiary/aromatic N) is 3. The summed E-state index contributed by atoms with van der Waals surface area (Å²) >= 11 is 0. The fraction of sp³-hybridized carbons (Fsp3) is 0.412. The second kappa shape index (κ2) is 12.1. The molecule has 4 aliphatic heterocycles. The first kappa shape index (κ1) is 28.6. The highest BCUT2D eigenvalue weighted by Crippen LogP contribution is 2.42. The van der Waals surface area contributed by atoms with Crippen molar-refractivity contribution in [3.63, 3.8) is 0 Å². The summed E-state index contributed by atoms with van der Waals surface area (Å²) in [6.07, 6.45) is 3.55. The summed E-state index contributed by atoms with van der Waals surface area (Å²) < 4.78 is 25.0. The third-order valence-electron chi connectivity index (χ3n) is 9.19. The van der Waals surface area contributed by atoms with Crippen LogP contribution in [0.4, 0.5) is 0 Å².